The average molecular weight is 292 g/mol. The van der Waals surface area contributed by atoms with Crippen LogP contribution < -0.4 is 10.1 Å². The number of benzene rings is 1. The highest BCUT2D eigenvalue weighted by Crippen LogP contribution is 2.19. The van der Waals surface area contributed by atoms with Gasteiger partial charge in [-0.3, -0.25) is 0 Å². The number of ether oxygens (including phenoxy) is 1. The van der Waals surface area contributed by atoms with Crippen molar-refractivity contribution in [3.8, 4) is 5.75 Å². The lowest BCUT2D eigenvalue weighted by atomic mass is 10.1. The molecule has 0 fully saturated rings. The molecular formula is C17H28N2O2. The fourth-order valence-corrected chi connectivity index (χ4v) is 2.10. The Morgan fingerprint density at radius 3 is 2.67 bits per heavy atom. The molecule has 2 unspecified atom stereocenters. The van der Waals surface area contributed by atoms with E-state index < -0.39 is 0 Å². The van der Waals surface area contributed by atoms with Gasteiger partial charge in [0.2, 0.25) is 0 Å². The maximum Gasteiger partial charge on any atom is 0.317 e. The molecule has 0 aliphatic carbocycles. The number of nitrogens with one attached hydrogen (secondary N) is 1. The van der Waals surface area contributed by atoms with Crippen LogP contribution >= 0.6 is 0 Å². The molecule has 1 aromatic carbocycles. The molecule has 4 nitrogen and oxygen atoms in total. The molecule has 0 saturated carbocycles. The van der Waals surface area contributed by atoms with Crippen molar-refractivity contribution in [1.29, 1.82) is 0 Å². The van der Waals surface area contributed by atoms with Gasteiger partial charge in [-0.05, 0) is 37.5 Å². The number of amides is 2. The first-order chi connectivity index (χ1) is 9.97. The first kappa shape index (κ1) is 17.3. The summed E-state index contributed by atoms with van der Waals surface area (Å²) in [6.07, 6.45) is 1.07. The number of hydrogen-bond acceptors (Lipinski definition) is 2. The van der Waals surface area contributed by atoms with Gasteiger partial charge in [0, 0.05) is 13.6 Å². The number of rotatable bonds is 7. The van der Waals surface area contributed by atoms with E-state index in [2.05, 4.69) is 19.2 Å². The van der Waals surface area contributed by atoms with E-state index >= 15 is 0 Å². The number of hydrogen-bond donors (Lipinski definition) is 1. The van der Waals surface area contributed by atoms with Crippen LogP contribution in [0.3, 0.4) is 0 Å². The van der Waals surface area contributed by atoms with E-state index in [1.807, 2.05) is 45.2 Å². The predicted molar refractivity (Wildman–Crippen MR) is 86.6 cm³/mol. The van der Waals surface area contributed by atoms with Crippen LogP contribution in [0.4, 0.5) is 4.79 Å². The third-order valence-electron chi connectivity index (χ3n) is 3.64. The molecule has 1 N–H and O–H groups in total. The summed E-state index contributed by atoms with van der Waals surface area (Å²) in [6.45, 7) is 9.65. The van der Waals surface area contributed by atoms with E-state index in [4.69, 9.17) is 4.74 Å². The van der Waals surface area contributed by atoms with E-state index in [1.165, 1.54) is 0 Å². The zero-order valence-corrected chi connectivity index (χ0v) is 13.8. The Hall–Kier alpha value is -1.71. The Balaban J connectivity index is 2.61. The first-order valence-electron chi connectivity index (χ1n) is 7.72. The summed E-state index contributed by atoms with van der Waals surface area (Å²) in [5.41, 5.74) is 1.05. The second-order valence-electron chi connectivity index (χ2n) is 5.57. The molecule has 0 bridgehead atoms. The van der Waals surface area contributed by atoms with Gasteiger partial charge in [-0.15, -0.1) is 0 Å². The monoisotopic (exact) mass is 292 g/mol. The Bertz CT molecular complexity index is 448. The van der Waals surface area contributed by atoms with Crippen molar-refractivity contribution in [2.24, 2.45) is 5.92 Å². The Morgan fingerprint density at radius 1 is 1.33 bits per heavy atom. The molecule has 21 heavy (non-hydrogen) atoms. The summed E-state index contributed by atoms with van der Waals surface area (Å²) in [5, 5.41) is 3.03. The minimum atomic E-state index is -0.0442. The van der Waals surface area contributed by atoms with Crippen LogP contribution in [0.1, 0.15) is 45.7 Å². The molecule has 1 rings (SSSR count). The number of urea groups is 1. The zero-order chi connectivity index (χ0) is 15.8. The molecule has 0 saturated heterocycles. The van der Waals surface area contributed by atoms with Gasteiger partial charge in [0.25, 0.3) is 0 Å². The summed E-state index contributed by atoms with van der Waals surface area (Å²) >= 11 is 0. The summed E-state index contributed by atoms with van der Waals surface area (Å²) in [4.78, 5) is 13.9. The van der Waals surface area contributed by atoms with E-state index in [-0.39, 0.29) is 12.1 Å². The molecule has 0 radical (unpaired) electrons. The number of nitrogens with zero attached hydrogens (tertiary/aromatic N) is 1. The second-order valence-corrected chi connectivity index (χ2v) is 5.57. The predicted octanol–water partition coefficient (Wildman–Crippen LogP) is 3.83. The van der Waals surface area contributed by atoms with Gasteiger partial charge in [0.1, 0.15) is 5.75 Å². The van der Waals surface area contributed by atoms with Gasteiger partial charge in [-0.1, -0.05) is 32.4 Å². The fourth-order valence-electron chi connectivity index (χ4n) is 2.10. The first-order valence-corrected chi connectivity index (χ1v) is 7.72. The van der Waals surface area contributed by atoms with Gasteiger partial charge in [-0.2, -0.15) is 0 Å². The van der Waals surface area contributed by atoms with Gasteiger partial charge in [0.15, 0.2) is 0 Å². The van der Waals surface area contributed by atoms with Crippen molar-refractivity contribution >= 4 is 6.03 Å². The van der Waals surface area contributed by atoms with Gasteiger partial charge >= 0.3 is 6.03 Å². The normalized spacial score (nSPS) is 13.4. The maximum atomic E-state index is 12.2. The average Bonchev–Trinajstić information content (AvgIpc) is 2.47. The quantitative estimate of drug-likeness (QED) is 0.829. The highest BCUT2D eigenvalue weighted by molar-refractivity contribution is 5.74. The summed E-state index contributed by atoms with van der Waals surface area (Å²) in [5.74, 6) is 1.35. The molecule has 0 heterocycles. The number of carbonyl (C=O) groups excluding carboxylic acids is 1. The lowest BCUT2D eigenvalue weighted by Gasteiger charge is -2.24. The molecule has 118 valence electrons. The van der Waals surface area contributed by atoms with Crippen LogP contribution in [0.25, 0.3) is 0 Å². The van der Waals surface area contributed by atoms with Crippen LogP contribution in [0.15, 0.2) is 24.3 Å². The molecule has 0 aliphatic rings. The Morgan fingerprint density at radius 2 is 2.05 bits per heavy atom. The van der Waals surface area contributed by atoms with Crippen molar-refractivity contribution in [2.75, 3.05) is 20.2 Å². The lowest BCUT2D eigenvalue weighted by Crippen LogP contribution is -2.40. The molecule has 0 aromatic heterocycles. The molecule has 0 aliphatic heterocycles. The maximum absolute atomic E-state index is 12.2. The minimum Gasteiger partial charge on any atom is -0.494 e. The van der Waals surface area contributed by atoms with Crippen LogP contribution in [0.2, 0.25) is 0 Å². The van der Waals surface area contributed by atoms with Crippen molar-refractivity contribution in [3.05, 3.63) is 29.8 Å². The molecule has 1 aromatic rings. The Labute approximate surface area is 128 Å². The molecule has 2 amide bonds. The third kappa shape index (κ3) is 5.66. The van der Waals surface area contributed by atoms with Gasteiger partial charge in [0.05, 0.1) is 12.6 Å². The molecule has 2 atom stereocenters. The van der Waals surface area contributed by atoms with Gasteiger partial charge < -0.3 is 15.0 Å². The third-order valence-corrected chi connectivity index (χ3v) is 3.64. The minimum absolute atomic E-state index is 0.0374. The number of carbonyl (C=O) groups is 1. The zero-order valence-electron chi connectivity index (χ0n) is 13.8. The van der Waals surface area contributed by atoms with Crippen molar-refractivity contribution in [1.82, 2.24) is 10.2 Å². The van der Waals surface area contributed by atoms with Gasteiger partial charge in [-0.25, -0.2) is 4.79 Å². The highest BCUT2D eigenvalue weighted by Gasteiger charge is 2.15. The largest absolute Gasteiger partial charge is 0.494 e. The van der Waals surface area contributed by atoms with Crippen molar-refractivity contribution in [2.45, 2.75) is 40.2 Å². The highest BCUT2D eigenvalue weighted by atomic mass is 16.5. The SMILES string of the molecule is CCOc1cccc(C(C)NC(=O)N(C)CC(C)CC)c1. The molecular weight excluding hydrogens is 264 g/mol. The van der Waals surface area contributed by atoms with E-state index in [1.54, 1.807) is 4.90 Å². The summed E-state index contributed by atoms with van der Waals surface area (Å²) < 4.78 is 5.49. The van der Waals surface area contributed by atoms with Crippen LogP contribution in [0, 0.1) is 5.92 Å². The van der Waals surface area contributed by atoms with E-state index in [0.29, 0.717) is 12.5 Å². The Kier molecular flexibility index (Phi) is 7.06. The van der Waals surface area contributed by atoms with Crippen LogP contribution in [0.5, 0.6) is 5.75 Å². The molecule has 4 heteroatoms. The standard InChI is InChI=1S/C17H28N2O2/c1-6-13(3)12-19(5)17(20)18-14(4)15-9-8-10-16(11-15)21-7-2/h8-11,13-14H,6-7,12H2,1-5H3,(H,18,20). The second kappa shape index (κ2) is 8.55. The van der Waals surface area contributed by atoms with Crippen molar-refractivity contribution in [3.63, 3.8) is 0 Å². The lowest BCUT2D eigenvalue weighted by molar-refractivity contribution is 0.198. The van der Waals surface area contributed by atoms with Crippen molar-refractivity contribution < 1.29 is 9.53 Å². The van der Waals surface area contributed by atoms with Crippen LogP contribution in [-0.4, -0.2) is 31.1 Å². The molecule has 0 spiro atoms. The summed E-state index contributed by atoms with van der Waals surface area (Å²) in [6, 6.07) is 7.77. The summed E-state index contributed by atoms with van der Waals surface area (Å²) in [7, 11) is 1.84. The van der Waals surface area contributed by atoms with Crippen LogP contribution in [-0.2, 0) is 0 Å². The fraction of sp³-hybridized carbons (Fsp3) is 0.588. The topological polar surface area (TPSA) is 41.6 Å². The van der Waals surface area contributed by atoms with E-state index in [9.17, 15) is 4.79 Å². The van der Waals surface area contributed by atoms with E-state index in [0.717, 1.165) is 24.3 Å². The smallest absolute Gasteiger partial charge is 0.317 e.